The van der Waals surface area contributed by atoms with E-state index in [1.165, 1.54) is 0 Å². The number of amides is 1. The number of nitrogens with zero attached hydrogens (tertiary/aromatic N) is 2. The number of likely N-dealkylation sites (N-methyl/N-ethyl adjacent to an activating group) is 1. The maximum absolute atomic E-state index is 13.0. The number of hydrogen-bond acceptors (Lipinski definition) is 2. The highest BCUT2D eigenvalue weighted by Crippen LogP contribution is 2.31. The first kappa shape index (κ1) is 16.3. The molecule has 0 radical (unpaired) electrons. The van der Waals surface area contributed by atoms with Crippen LogP contribution >= 0.6 is 23.2 Å². The second kappa shape index (κ2) is 6.91. The predicted molar refractivity (Wildman–Crippen MR) is 94.2 cm³/mol. The summed E-state index contributed by atoms with van der Waals surface area (Å²) >= 11 is 12.3. The molecule has 1 unspecified atom stereocenters. The van der Waals surface area contributed by atoms with Crippen molar-refractivity contribution in [1.82, 2.24) is 9.80 Å². The van der Waals surface area contributed by atoms with Gasteiger partial charge >= 0.3 is 0 Å². The minimum absolute atomic E-state index is 0.0116. The van der Waals surface area contributed by atoms with Gasteiger partial charge in [-0.2, -0.15) is 0 Å². The van der Waals surface area contributed by atoms with Crippen LogP contribution in [0.25, 0.3) is 0 Å². The fourth-order valence-electron chi connectivity index (χ4n) is 2.95. The largest absolute Gasteiger partial charge is 0.329 e. The van der Waals surface area contributed by atoms with Crippen molar-refractivity contribution in [1.29, 1.82) is 0 Å². The molecule has 0 spiro atoms. The van der Waals surface area contributed by atoms with E-state index in [0.717, 1.165) is 18.7 Å². The van der Waals surface area contributed by atoms with Crippen molar-refractivity contribution in [2.24, 2.45) is 0 Å². The summed E-state index contributed by atoms with van der Waals surface area (Å²) in [7, 11) is 2.07. The summed E-state index contributed by atoms with van der Waals surface area (Å²) in [4.78, 5) is 17.2. The van der Waals surface area contributed by atoms with Crippen LogP contribution in [-0.2, 0) is 0 Å². The van der Waals surface area contributed by atoms with Crippen LogP contribution in [0.3, 0.4) is 0 Å². The van der Waals surface area contributed by atoms with Crippen LogP contribution in [0.5, 0.6) is 0 Å². The SMILES string of the molecule is CN1CCN(C(=O)c2cccc(Cl)c2Cl)C(c2ccccc2)C1. The standard InChI is InChI=1S/C18H18Cl2N2O/c1-21-10-11-22(16(12-21)13-6-3-2-4-7-13)18(23)14-8-5-9-15(19)17(14)20/h2-9,16H,10-12H2,1H3. The minimum Gasteiger partial charge on any atom is -0.329 e. The normalized spacial score (nSPS) is 18.9. The third kappa shape index (κ3) is 3.37. The molecule has 2 aromatic rings. The molecule has 3 rings (SSSR count). The van der Waals surface area contributed by atoms with Gasteiger partial charge in [-0.15, -0.1) is 0 Å². The number of carbonyl (C=O) groups is 1. The zero-order chi connectivity index (χ0) is 16.4. The first-order valence-electron chi connectivity index (χ1n) is 7.56. The topological polar surface area (TPSA) is 23.6 Å². The molecular weight excluding hydrogens is 331 g/mol. The Morgan fingerprint density at radius 3 is 2.52 bits per heavy atom. The second-order valence-corrected chi connectivity index (χ2v) is 6.57. The third-order valence-corrected chi connectivity index (χ3v) is 5.03. The van der Waals surface area contributed by atoms with Crippen LogP contribution in [0.4, 0.5) is 0 Å². The Hall–Kier alpha value is -1.55. The molecule has 23 heavy (non-hydrogen) atoms. The maximum atomic E-state index is 13.0. The molecule has 0 aromatic heterocycles. The molecule has 0 saturated carbocycles. The summed E-state index contributed by atoms with van der Waals surface area (Å²) in [5.74, 6) is -0.0700. The van der Waals surface area contributed by atoms with E-state index < -0.39 is 0 Å². The van der Waals surface area contributed by atoms with Crippen LogP contribution in [0.1, 0.15) is 22.0 Å². The third-order valence-electron chi connectivity index (χ3n) is 4.21. The number of piperazine rings is 1. The summed E-state index contributed by atoms with van der Waals surface area (Å²) in [5.41, 5.74) is 1.59. The van der Waals surface area contributed by atoms with Crippen molar-refractivity contribution in [3.05, 3.63) is 69.7 Å². The zero-order valence-corrected chi connectivity index (χ0v) is 14.4. The first-order chi connectivity index (χ1) is 11.1. The van der Waals surface area contributed by atoms with Crippen LogP contribution in [0, 0.1) is 0 Å². The van der Waals surface area contributed by atoms with Gasteiger partial charge < -0.3 is 9.80 Å². The Bertz CT molecular complexity index is 705. The van der Waals surface area contributed by atoms with Crippen molar-refractivity contribution in [2.75, 3.05) is 26.7 Å². The Balaban J connectivity index is 1.95. The molecule has 1 aliphatic heterocycles. The van der Waals surface area contributed by atoms with Crippen LogP contribution < -0.4 is 0 Å². The molecule has 1 heterocycles. The lowest BCUT2D eigenvalue weighted by Gasteiger charge is -2.40. The molecule has 0 aliphatic carbocycles. The van der Waals surface area contributed by atoms with Crippen LogP contribution in [-0.4, -0.2) is 42.4 Å². The number of halogens is 2. The van der Waals surface area contributed by atoms with Gasteiger partial charge in [-0.1, -0.05) is 59.6 Å². The van der Waals surface area contributed by atoms with Gasteiger partial charge in [0.25, 0.3) is 5.91 Å². The van der Waals surface area contributed by atoms with Gasteiger partial charge in [-0.3, -0.25) is 4.79 Å². The first-order valence-corrected chi connectivity index (χ1v) is 8.32. The van der Waals surface area contributed by atoms with Gasteiger partial charge in [0, 0.05) is 19.6 Å². The van der Waals surface area contributed by atoms with E-state index in [1.54, 1.807) is 18.2 Å². The Labute approximate surface area is 146 Å². The van der Waals surface area contributed by atoms with Gasteiger partial charge in [-0.05, 0) is 24.7 Å². The molecule has 0 N–H and O–H groups in total. The molecule has 1 saturated heterocycles. The molecule has 1 amide bonds. The fourth-order valence-corrected chi connectivity index (χ4v) is 3.33. The molecule has 2 aromatic carbocycles. The van der Waals surface area contributed by atoms with E-state index in [0.29, 0.717) is 22.2 Å². The van der Waals surface area contributed by atoms with E-state index in [9.17, 15) is 4.79 Å². The summed E-state index contributed by atoms with van der Waals surface area (Å²) < 4.78 is 0. The molecule has 120 valence electrons. The highest BCUT2D eigenvalue weighted by Gasteiger charge is 2.31. The number of hydrogen-bond donors (Lipinski definition) is 0. The molecule has 5 heteroatoms. The zero-order valence-electron chi connectivity index (χ0n) is 12.9. The quantitative estimate of drug-likeness (QED) is 0.814. The number of carbonyl (C=O) groups excluding carboxylic acids is 1. The monoisotopic (exact) mass is 348 g/mol. The Morgan fingerprint density at radius 1 is 1.04 bits per heavy atom. The van der Waals surface area contributed by atoms with E-state index in [1.807, 2.05) is 23.1 Å². The molecule has 1 aliphatic rings. The molecule has 0 bridgehead atoms. The van der Waals surface area contributed by atoms with Gasteiger partial charge in [0.05, 0.1) is 21.7 Å². The van der Waals surface area contributed by atoms with Crippen molar-refractivity contribution in [3.8, 4) is 0 Å². The van der Waals surface area contributed by atoms with Crippen molar-refractivity contribution >= 4 is 29.1 Å². The highest BCUT2D eigenvalue weighted by molar-refractivity contribution is 6.43. The Morgan fingerprint density at radius 2 is 1.78 bits per heavy atom. The highest BCUT2D eigenvalue weighted by atomic mass is 35.5. The molecule has 3 nitrogen and oxygen atoms in total. The summed E-state index contributed by atoms with van der Waals surface area (Å²) in [5, 5.41) is 0.729. The lowest BCUT2D eigenvalue weighted by molar-refractivity contribution is 0.0498. The average Bonchev–Trinajstić information content (AvgIpc) is 2.57. The molecular formula is C18H18Cl2N2O. The van der Waals surface area contributed by atoms with E-state index in [4.69, 9.17) is 23.2 Å². The minimum atomic E-state index is -0.0700. The summed E-state index contributed by atoms with van der Waals surface area (Å²) in [6, 6.07) is 15.3. The van der Waals surface area contributed by atoms with Crippen LogP contribution in [0.15, 0.2) is 48.5 Å². The smallest absolute Gasteiger partial charge is 0.256 e. The van der Waals surface area contributed by atoms with E-state index >= 15 is 0 Å². The number of rotatable bonds is 2. The van der Waals surface area contributed by atoms with Crippen LogP contribution in [0.2, 0.25) is 10.0 Å². The lowest BCUT2D eigenvalue weighted by atomic mass is 10.0. The second-order valence-electron chi connectivity index (χ2n) is 5.79. The van der Waals surface area contributed by atoms with Crippen molar-refractivity contribution in [2.45, 2.75) is 6.04 Å². The van der Waals surface area contributed by atoms with Gasteiger partial charge in [0.15, 0.2) is 0 Å². The van der Waals surface area contributed by atoms with E-state index in [2.05, 4.69) is 24.1 Å². The molecule has 1 fully saturated rings. The number of benzene rings is 2. The summed E-state index contributed by atoms with van der Waals surface area (Å²) in [6.07, 6.45) is 0. The summed E-state index contributed by atoms with van der Waals surface area (Å²) in [6.45, 7) is 2.30. The predicted octanol–water partition coefficient (Wildman–Crippen LogP) is 4.12. The van der Waals surface area contributed by atoms with Crippen molar-refractivity contribution < 1.29 is 4.79 Å². The van der Waals surface area contributed by atoms with Gasteiger partial charge in [-0.25, -0.2) is 0 Å². The lowest BCUT2D eigenvalue weighted by Crippen LogP contribution is -2.49. The van der Waals surface area contributed by atoms with Gasteiger partial charge in [0.1, 0.15) is 0 Å². The maximum Gasteiger partial charge on any atom is 0.256 e. The van der Waals surface area contributed by atoms with Crippen molar-refractivity contribution in [3.63, 3.8) is 0 Å². The average molecular weight is 349 g/mol. The van der Waals surface area contributed by atoms with E-state index in [-0.39, 0.29) is 11.9 Å². The Kier molecular flexibility index (Phi) is 4.90. The molecule has 1 atom stereocenters. The fraction of sp³-hybridized carbons (Fsp3) is 0.278. The van der Waals surface area contributed by atoms with Gasteiger partial charge in [0.2, 0.25) is 0 Å².